The molecule has 0 spiro atoms. The van der Waals surface area contributed by atoms with Crippen molar-refractivity contribution in [1.82, 2.24) is 10.2 Å². The highest BCUT2D eigenvalue weighted by Gasteiger charge is 2.27. The number of nitrogens with one attached hydrogen (secondary N) is 1. The number of fused-ring (bicyclic) bond motifs is 1. The Bertz CT molecular complexity index is 915. The smallest absolute Gasteiger partial charge is 0.338 e. The van der Waals surface area contributed by atoms with Gasteiger partial charge in [0.2, 0.25) is 6.41 Å². The number of esters is 2. The predicted molar refractivity (Wildman–Crippen MR) is 114 cm³/mol. The van der Waals surface area contributed by atoms with Crippen LogP contribution in [0.2, 0.25) is 0 Å². The highest BCUT2D eigenvalue weighted by Crippen LogP contribution is 2.29. The molecule has 1 N–H and O–H groups in total. The molecule has 0 saturated heterocycles. The van der Waals surface area contributed by atoms with Crippen LogP contribution in [-0.4, -0.2) is 42.4 Å². The van der Waals surface area contributed by atoms with E-state index in [9.17, 15) is 14.4 Å². The predicted octanol–water partition coefficient (Wildman–Crippen LogP) is 2.99. The fourth-order valence-electron chi connectivity index (χ4n) is 4.84. The summed E-state index contributed by atoms with van der Waals surface area (Å²) >= 11 is 0. The zero-order chi connectivity index (χ0) is 22.0. The van der Waals surface area contributed by atoms with E-state index in [1.54, 1.807) is 11.8 Å². The van der Waals surface area contributed by atoms with Gasteiger partial charge in [0, 0.05) is 24.7 Å². The maximum Gasteiger partial charge on any atom is 0.338 e. The number of rotatable bonds is 8. The van der Waals surface area contributed by atoms with Crippen molar-refractivity contribution >= 4 is 18.3 Å². The van der Waals surface area contributed by atoms with Crippen molar-refractivity contribution in [3.63, 3.8) is 0 Å². The average molecular weight is 427 g/mol. The first-order chi connectivity index (χ1) is 15.0. The lowest BCUT2D eigenvalue weighted by Gasteiger charge is -2.30. The SMILES string of the molecule is CC1=C(N(C=O)CCC2CCC(NCc3ccc4c(c3C)COC4=O)CC2)COC1=O. The number of hydrogen-bond donors (Lipinski definition) is 1. The van der Waals surface area contributed by atoms with Crippen LogP contribution in [0.1, 0.15) is 66.1 Å². The number of hydrogen-bond acceptors (Lipinski definition) is 6. The summed E-state index contributed by atoms with van der Waals surface area (Å²) in [7, 11) is 0. The van der Waals surface area contributed by atoms with E-state index in [1.807, 2.05) is 12.1 Å². The lowest BCUT2D eigenvalue weighted by atomic mass is 9.84. The zero-order valence-electron chi connectivity index (χ0n) is 18.2. The molecule has 1 aromatic carbocycles. The second-order valence-electron chi connectivity index (χ2n) is 8.79. The summed E-state index contributed by atoms with van der Waals surface area (Å²) in [6, 6.07) is 4.39. The molecule has 0 unspecified atom stereocenters. The molecule has 0 bridgehead atoms. The molecule has 1 saturated carbocycles. The van der Waals surface area contributed by atoms with Crippen LogP contribution >= 0.6 is 0 Å². The lowest BCUT2D eigenvalue weighted by molar-refractivity contribution is -0.136. The van der Waals surface area contributed by atoms with Gasteiger partial charge in [-0.25, -0.2) is 9.59 Å². The van der Waals surface area contributed by atoms with E-state index in [-0.39, 0.29) is 18.5 Å². The summed E-state index contributed by atoms with van der Waals surface area (Å²) in [4.78, 5) is 36.4. The second-order valence-corrected chi connectivity index (χ2v) is 8.79. The summed E-state index contributed by atoms with van der Waals surface area (Å²) in [5, 5.41) is 3.68. The van der Waals surface area contributed by atoms with Crippen molar-refractivity contribution in [1.29, 1.82) is 0 Å². The molecule has 0 atom stereocenters. The molecule has 166 valence electrons. The first-order valence-corrected chi connectivity index (χ1v) is 11.1. The summed E-state index contributed by atoms with van der Waals surface area (Å²) in [5.41, 5.74) is 5.33. The first-order valence-electron chi connectivity index (χ1n) is 11.1. The molecule has 1 fully saturated rings. The third-order valence-corrected chi connectivity index (χ3v) is 7.04. The quantitative estimate of drug-likeness (QED) is 0.508. The van der Waals surface area contributed by atoms with Crippen molar-refractivity contribution in [3.05, 3.63) is 45.7 Å². The van der Waals surface area contributed by atoms with Gasteiger partial charge in [0.15, 0.2) is 0 Å². The molecule has 7 heteroatoms. The standard InChI is InChI=1S/C24H30N2O5/c1-15-18(5-8-20-21(15)12-30-24(20)29)11-25-19-6-3-17(4-7-19)9-10-26(14-27)22-13-31-23(28)16(22)2/h5,8,14,17,19,25H,3-4,6-7,9-13H2,1-2H3. The second kappa shape index (κ2) is 9.22. The van der Waals surface area contributed by atoms with Gasteiger partial charge in [-0.1, -0.05) is 6.07 Å². The number of ether oxygens (including phenoxy) is 2. The molecule has 1 amide bonds. The van der Waals surface area contributed by atoms with E-state index in [4.69, 9.17) is 9.47 Å². The van der Waals surface area contributed by atoms with E-state index < -0.39 is 0 Å². The third kappa shape index (κ3) is 4.51. The van der Waals surface area contributed by atoms with Gasteiger partial charge in [-0.3, -0.25) is 4.79 Å². The summed E-state index contributed by atoms with van der Waals surface area (Å²) in [6.07, 6.45) is 6.23. The fraction of sp³-hybridized carbons (Fsp3) is 0.542. The minimum Gasteiger partial charge on any atom is -0.457 e. The zero-order valence-corrected chi connectivity index (χ0v) is 18.2. The fourth-order valence-corrected chi connectivity index (χ4v) is 4.84. The molecule has 31 heavy (non-hydrogen) atoms. The molecule has 1 aliphatic carbocycles. The molecule has 1 aromatic rings. The molecule has 3 aliphatic rings. The van der Waals surface area contributed by atoms with Gasteiger partial charge in [0.1, 0.15) is 13.2 Å². The van der Waals surface area contributed by atoms with Crippen molar-refractivity contribution in [2.45, 2.75) is 65.1 Å². The van der Waals surface area contributed by atoms with Gasteiger partial charge in [-0.15, -0.1) is 0 Å². The minimum atomic E-state index is -0.328. The molecule has 2 heterocycles. The molecular weight excluding hydrogens is 396 g/mol. The van der Waals surface area contributed by atoms with Crippen LogP contribution in [0, 0.1) is 12.8 Å². The van der Waals surface area contributed by atoms with Crippen molar-refractivity contribution in [3.8, 4) is 0 Å². The van der Waals surface area contributed by atoms with Crippen LogP contribution in [0.15, 0.2) is 23.4 Å². The van der Waals surface area contributed by atoms with E-state index in [0.29, 0.717) is 41.9 Å². The molecule has 0 radical (unpaired) electrons. The maximum absolute atomic E-state index is 11.7. The van der Waals surface area contributed by atoms with Crippen LogP contribution in [0.4, 0.5) is 0 Å². The Morgan fingerprint density at radius 1 is 1.06 bits per heavy atom. The molecule has 2 aliphatic heterocycles. The Morgan fingerprint density at radius 3 is 2.48 bits per heavy atom. The Labute approximate surface area is 182 Å². The number of benzene rings is 1. The van der Waals surface area contributed by atoms with Crippen LogP contribution in [0.25, 0.3) is 0 Å². The highest BCUT2D eigenvalue weighted by molar-refractivity contribution is 5.94. The van der Waals surface area contributed by atoms with Crippen LogP contribution in [-0.2, 0) is 32.2 Å². The van der Waals surface area contributed by atoms with Crippen molar-refractivity contribution < 1.29 is 23.9 Å². The lowest BCUT2D eigenvalue weighted by Crippen LogP contribution is -2.34. The Hall–Kier alpha value is -2.67. The van der Waals surface area contributed by atoms with Crippen molar-refractivity contribution in [2.75, 3.05) is 13.2 Å². The van der Waals surface area contributed by atoms with E-state index in [1.165, 1.54) is 5.56 Å². The van der Waals surface area contributed by atoms with Crippen LogP contribution < -0.4 is 5.32 Å². The number of carbonyl (C=O) groups is 3. The van der Waals surface area contributed by atoms with E-state index >= 15 is 0 Å². The Balaban J connectivity index is 1.23. The number of carbonyl (C=O) groups excluding carboxylic acids is 3. The highest BCUT2D eigenvalue weighted by atomic mass is 16.5. The van der Waals surface area contributed by atoms with Gasteiger partial charge < -0.3 is 19.7 Å². The minimum absolute atomic E-state index is 0.197. The van der Waals surface area contributed by atoms with Gasteiger partial charge >= 0.3 is 11.9 Å². The van der Waals surface area contributed by atoms with Gasteiger partial charge in [0.25, 0.3) is 0 Å². The Morgan fingerprint density at radius 2 is 1.81 bits per heavy atom. The maximum atomic E-state index is 11.7. The monoisotopic (exact) mass is 426 g/mol. The first kappa shape index (κ1) is 21.6. The van der Waals surface area contributed by atoms with Gasteiger partial charge in [0.05, 0.1) is 16.8 Å². The van der Waals surface area contributed by atoms with E-state index in [0.717, 1.165) is 56.2 Å². The molecule has 0 aromatic heterocycles. The number of cyclic esters (lactones) is 2. The molecular formula is C24H30N2O5. The van der Waals surface area contributed by atoms with Crippen LogP contribution in [0.3, 0.4) is 0 Å². The molecule has 7 nitrogen and oxygen atoms in total. The number of nitrogens with zero attached hydrogens (tertiary/aromatic N) is 1. The summed E-state index contributed by atoms with van der Waals surface area (Å²) < 4.78 is 10.2. The normalized spacial score (nSPS) is 22.9. The van der Waals surface area contributed by atoms with E-state index in [2.05, 4.69) is 12.2 Å². The van der Waals surface area contributed by atoms with Gasteiger partial charge in [-0.2, -0.15) is 0 Å². The largest absolute Gasteiger partial charge is 0.457 e. The average Bonchev–Trinajstić information content (AvgIpc) is 3.32. The van der Waals surface area contributed by atoms with Crippen LogP contribution in [0.5, 0.6) is 0 Å². The number of amides is 1. The third-order valence-electron chi connectivity index (χ3n) is 7.04. The summed E-state index contributed by atoms with van der Waals surface area (Å²) in [5.74, 6) is 0.0399. The summed E-state index contributed by atoms with van der Waals surface area (Å²) in [6.45, 7) is 5.78. The van der Waals surface area contributed by atoms with Gasteiger partial charge in [-0.05, 0) is 69.1 Å². The van der Waals surface area contributed by atoms with Crippen molar-refractivity contribution in [2.24, 2.45) is 5.92 Å². The Kier molecular flexibility index (Phi) is 6.41. The topological polar surface area (TPSA) is 84.9 Å². The molecule has 4 rings (SSSR count).